The highest BCUT2D eigenvalue weighted by Gasteiger charge is 2.26. The van der Waals surface area contributed by atoms with Gasteiger partial charge in [0.2, 0.25) is 0 Å². The molecule has 2 rings (SSSR count). The number of nitrogens with one attached hydrogen (secondary N) is 2. The molecule has 0 spiro atoms. The van der Waals surface area contributed by atoms with Crippen LogP contribution in [0, 0.1) is 0 Å². The van der Waals surface area contributed by atoms with Crippen LogP contribution in [-0.4, -0.2) is 36.2 Å². The minimum Gasteiger partial charge on any atom is -0.462 e. The first-order chi connectivity index (χ1) is 9.13. The number of aromatic nitrogens is 1. The Morgan fingerprint density at radius 1 is 1.47 bits per heavy atom. The Labute approximate surface area is 113 Å². The van der Waals surface area contributed by atoms with Crippen molar-refractivity contribution in [3.63, 3.8) is 0 Å². The average molecular weight is 263 g/mol. The molecule has 0 aliphatic carbocycles. The lowest BCUT2D eigenvalue weighted by atomic mass is 9.90. The number of piperidine rings is 1. The molecule has 0 bridgehead atoms. The molecule has 1 fully saturated rings. The van der Waals surface area contributed by atoms with Gasteiger partial charge in [-0.1, -0.05) is 0 Å². The second kappa shape index (κ2) is 6.02. The number of anilines is 1. The smallest absolute Gasteiger partial charge is 0.339 e. The number of esters is 1. The van der Waals surface area contributed by atoms with Gasteiger partial charge in [0.25, 0.3) is 0 Å². The first-order valence-corrected chi connectivity index (χ1v) is 6.75. The molecule has 5 heteroatoms. The molecule has 1 aliphatic heterocycles. The minimum absolute atomic E-state index is 0.0731. The largest absolute Gasteiger partial charge is 0.462 e. The molecule has 0 atom stereocenters. The molecule has 0 unspecified atom stereocenters. The van der Waals surface area contributed by atoms with Crippen LogP contribution in [0.15, 0.2) is 18.3 Å². The van der Waals surface area contributed by atoms with Crippen molar-refractivity contribution in [2.75, 3.05) is 25.0 Å². The van der Waals surface area contributed by atoms with E-state index in [0.717, 1.165) is 31.7 Å². The highest BCUT2D eigenvalue weighted by Crippen LogP contribution is 2.22. The molecule has 19 heavy (non-hydrogen) atoms. The lowest BCUT2D eigenvalue weighted by Crippen LogP contribution is -2.45. The molecule has 104 valence electrons. The molecule has 1 aromatic rings. The van der Waals surface area contributed by atoms with Gasteiger partial charge in [-0.3, -0.25) is 0 Å². The van der Waals surface area contributed by atoms with Crippen LogP contribution in [0.2, 0.25) is 0 Å². The standard InChI is InChI=1S/C14H21N3O2/c1-3-19-13(18)11-4-5-12(16-10-11)17-14(2)6-8-15-9-7-14/h4-5,10,15H,3,6-9H2,1-2H3,(H,16,17). The second-order valence-electron chi connectivity index (χ2n) is 5.09. The Balaban J connectivity index is 2.00. The fourth-order valence-electron chi connectivity index (χ4n) is 2.22. The fraction of sp³-hybridized carbons (Fsp3) is 0.571. The van der Waals surface area contributed by atoms with Crippen LogP contribution in [0.3, 0.4) is 0 Å². The summed E-state index contributed by atoms with van der Waals surface area (Å²) >= 11 is 0. The number of nitrogens with zero attached hydrogens (tertiary/aromatic N) is 1. The number of carbonyl (C=O) groups excluding carboxylic acids is 1. The number of hydrogen-bond acceptors (Lipinski definition) is 5. The van der Waals surface area contributed by atoms with E-state index in [1.165, 1.54) is 0 Å². The topological polar surface area (TPSA) is 63.2 Å². The van der Waals surface area contributed by atoms with Crippen LogP contribution >= 0.6 is 0 Å². The van der Waals surface area contributed by atoms with Crippen molar-refractivity contribution in [2.24, 2.45) is 0 Å². The van der Waals surface area contributed by atoms with Gasteiger partial charge in [-0.2, -0.15) is 0 Å². The van der Waals surface area contributed by atoms with E-state index in [9.17, 15) is 4.79 Å². The number of hydrogen-bond donors (Lipinski definition) is 2. The minimum atomic E-state index is -0.324. The summed E-state index contributed by atoms with van der Waals surface area (Å²) in [4.78, 5) is 15.8. The molecule has 1 aliphatic rings. The predicted octanol–water partition coefficient (Wildman–Crippen LogP) is 1.81. The highest BCUT2D eigenvalue weighted by atomic mass is 16.5. The zero-order chi connectivity index (χ0) is 13.7. The van der Waals surface area contributed by atoms with Gasteiger partial charge in [-0.15, -0.1) is 0 Å². The third-order valence-electron chi connectivity index (χ3n) is 3.41. The Morgan fingerprint density at radius 2 is 2.21 bits per heavy atom. The van der Waals surface area contributed by atoms with E-state index in [4.69, 9.17) is 4.74 Å². The van der Waals surface area contributed by atoms with Gasteiger partial charge in [0.15, 0.2) is 0 Å². The van der Waals surface area contributed by atoms with Gasteiger partial charge >= 0.3 is 5.97 Å². The van der Waals surface area contributed by atoms with Crippen LogP contribution in [0.1, 0.15) is 37.0 Å². The monoisotopic (exact) mass is 263 g/mol. The second-order valence-corrected chi connectivity index (χ2v) is 5.09. The molecular weight excluding hydrogens is 242 g/mol. The van der Waals surface area contributed by atoms with E-state index in [1.54, 1.807) is 19.2 Å². The third-order valence-corrected chi connectivity index (χ3v) is 3.41. The normalized spacial score (nSPS) is 17.8. The highest BCUT2D eigenvalue weighted by molar-refractivity contribution is 5.89. The van der Waals surface area contributed by atoms with Gasteiger partial charge in [-0.05, 0) is 51.9 Å². The van der Waals surface area contributed by atoms with Crippen LogP contribution < -0.4 is 10.6 Å². The summed E-state index contributed by atoms with van der Waals surface area (Å²) in [6.07, 6.45) is 3.69. The Kier molecular flexibility index (Phi) is 4.37. The molecule has 0 radical (unpaired) electrons. The molecule has 2 heterocycles. The maximum absolute atomic E-state index is 11.5. The van der Waals surface area contributed by atoms with Crippen LogP contribution in [0.5, 0.6) is 0 Å². The van der Waals surface area contributed by atoms with Gasteiger partial charge in [0.1, 0.15) is 5.82 Å². The Hall–Kier alpha value is -1.62. The number of carbonyl (C=O) groups is 1. The van der Waals surface area contributed by atoms with Gasteiger partial charge < -0.3 is 15.4 Å². The summed E-state index contributed by atoms with van der Waals surface area (Å²) < 4.78 is 4.93. The van der Waals surface area contributed by atoms with Crippen molar-refractivity contribution in [1.29, 1.82) is 0 Å². The quantitative estimate of drug-likeness (QED) is 0.811. The predicted molar refractivity (Wildman–Crippen MR) is 74.3 cm³/mol. The lowest BCUT2D eigenvalue weighted by molar-refractivity contribution is 0.0526. The fourth-order valence-corrected chi connectivity index (χ4v) is 2.22. The van der Waals surface area contributed by atoms with Crippen molar-refractivity contribution in [2.45, 2.75) is 32.2 Å². The number of rotatable bonds is 4. The van der Waals surface area contributed by atoms with Crippen molar-refractivity contribution in [1.82, 2.24) is 10.3 Å². The summed E-state index contributed by atoms with van der Waals surface area (Å²) in [6.45, 7) is 6.41. The van der Waals surface area contributed by atoms with E-state index in [2.05, 4.69) is 22.5 Å². The number of ether oxygens (including phenoxy) is 1. The molecule has 0 aromatic carbocycles. The molecule has 1 aromatic heterocycles. The first-order valence-electron chi connectivity index (χ1n) is 6.75. The Bertz CT molecular complexity index is 425. The van der Waals surface area contributed by atoms with Crippen LogP contribution in [0.25, 0.3) is 0 Å². The summed E-state index contributed by atoms with van der Waals surface area (Å²) in [5, 5.41) is 6.79. The van der Waals surface area contributed by atoms with Crippen molar-refractivity contribution in [3.8, 4) is 0 Å². The molecular formula is C14H21N3O2. The van der Waals surface area contributed by atoms with Crippen molar-refractivity contribution in [3.05, 3.63) is 23.9 Å². The van der Waals surface area contributed by atoms with E-state index >= 15 is 0 Å². The van der Waals surface area contributed by atoms with E-state index in [0.29, 0.717) is 12.2 Å². The zero-order valence-electron chi connectivity index (χ0n) is 11.5. The van der Waals surface area contributed by atoms with Crippen molar-refractivity contribution >= 4 is 11.8 Å². The molecule has 1 saturated heterocycles. The van der Waals surface area contributed by atoms with Gasteiger partial charge in [0, 0.05) is 11.7 Å². The summed E-state index contributed by atoms with van der Waals surface area (Å²) in [7, 11) is 0. The first kappa shape index (κ1) is 13.8. The summed E-state index contributed by atoms with van der Waals surface area (Å²) in [5.74, 6) is 0.479. The SMILES string of the molecule is CCOC(=O)c1ccc(NC2(C)CCNCC2)nc1. The van der Waals surface area contributed by atoms with Crippen molar-refractivity contribution < 1.29 is 9.53 Å². The molecule has 2 N–H and O–H groups in total. The summed E-state index contributed by atoms with van der Waals surface area (Å²) in [5.41, 5.74) is 0.562. The molecule has 5 nitrogen and oxygen atoms in total. The molecule has 0 saturated carbocycles. The van der Waals surface area contributed by atoms with Gasteiger partial charge in [0.05, 0.1) is 12.2 Å². The van der Waals surface area contributed by atoms with Crippen LogP contribution in [0.4, 0.5) is 5.82 Å². The third kappa shape index (κ3) is 3.67. The lowest BCUT2D eigenvalue weighted by Gasteiger charge is -2.35. The van der Waals surface area contributed by atoms with Gasteiger partial charge in [-0.25, -0.2) is 9.78 Å². The number of pyridine rings is 1. The van der Waals surface area contributed by atoms with E-state index < -0.39 is 0 Å². The maximum Gasteiger partial charge on any atom is 0.339 e. The summed E-state index contributed by atoms with van der Waals surface area (Å²) in [6, 6.07) is 3.58. The van der Waals surface area contributed by atoms with E-state index in [1.807, 2.05) is 6.07 Å². The maximum atomic E-state index is 11.5. The van der Waals surface area contributed by atoms with E-state index in [-0.39, 0.29) is 11.5 Å². The zero-order valence-corrected chi connectivity index (χ0v) is 11.5. The van der Waals surface area contributed by atoms with Crippen LogP contribution in [-0.2, 0) is 4.74 Å². The average Bonchev–Trinajstić information content (AvgIpc) is 2.40. The molecule has 0 amide bonds. The Morgan fingerprint density at radius 3 is 2.79 bits per heavy atom.